The second-order valence-electron chi connectivity index (χ2n) is 6.25. The molecule has 0 spiro atoms. The highest BCUT2D eigenvalue weighted by atomic mass is 32.2. The molecule has 5 nitrogen and oxygen atoms in total. The zero-order chi connectivity index (χ0) is 20.1. The minimum Gasteiger partial charge on any atom is -0.348 e. The van der Waals surface area contributed by atoms with Crippen LogP contribution in [0.1, 0.15) is 21.5 Å². The van der Waals surface area contributed by atoms with Crippen LogP contribution < -0.4 is 10.0 Å². The van der Waals surface area contributed by atoms with Gasteiger partial charge in [-0.15, -0.1) is 0 Å². The van der Waals surface area contributed by atoms with Crippen LogP contribution in [0.4, 0.5) is 10.1 Å². The lowest BCUT2D eigenvalue weighted by Crippen LogP contribution is -2.23. The molecule has 0 saturated carbocycles. The van der Waals surface area contributed by atoms with E-state index in [4.69, 9.17) is 0 Å². The number of hydrogen-bond acceptors (Lipinski definition) is 3. The number of carbonyl (C=O) groups excluding carboxylic acids is 1. The Hall–Kier alpha value is -3.19. The van der Waals surface area contributed by atoms with Crippen molar-refractivity contribution in [3.63, 3.8) is 0 Å². The Morgan fingerprint density at radius 3 is 2.21 bits per heavy atom. The quantitative estimate of drug-likeness (QED) is 0.662. The molecular weight excluding hydrogens is 379 g/mol. The number of rotatable bonds is 6. The van der Waals surface area contributed by atoms with Crippen LogP contribution in [-0.4, -0.2) is 14.3 Å². The topological polar surface area (TPSA) is 75.3 Å². The number of anilines is 1. The summed E-state index contributed by atoms with van der Waals surface area (Å²) in [6, 6.07) is 18.4. The van der Waals surface area contributed by atoms with Crippen LogP contribution >= 0.6 is 0 Å². The molecule has 0 aliphatic heterocycles. The highest BCUT2D eigenvalue weighted by Crippen LogP contribution is 2.17. The largest absolute Gasteiger partial charge is 0.348 e. The summed E-state index contributed by atoms with van der Waals surface area (Å²) >= 11 is 0. The second-order valence-corrected chi connectivity index (χ2v) is 7.93. The first kappa shape index (κ1) is 19.6. The van der Waals surface area contributed by atoms with Crippen molar-refractivity contribution >= 4 is 21.6 Å². The van der Waals surface area contributed by atoms with Gasteiger partial charge in [-0.2, -0.15) is 0 Å². The van der Waals surface area contributed by atoms with Crippen molar-refractivity contribution in [1.29, 1.82) is 0 Å². The highest BCUT2D eigenvalue weighted by molar-refractivity contribution is 7.92. The molecular formula is C21H19FN2O3S. The zero-order valence-electron chi connectivity index (χ0n) is 15.1. The summed E-state index contributed by atoms with van der Waals surface area (Å²) in [4.78, 5) is 12.2. The normalized spacial score (nSPS) is 11.1. The molecule has 0 radical (unpaired) electrons. The van der Waals surface area contributed by atoms with Gasteiger partial charge in [-0.3, -0.25) is 9.52 Å². The Morgan fingerprint density at radius 1 is 0.929 bits per heavy atom. The second kappa shape index (κ2) is 8.22. The van der Waals surface area contributed by atoms with Crippen LogP contribution in [0.25, 0.3) is 0 Å². The fourth-order valence-electron chi connectivity index (χ4n) is 2.60. The summed E-state index contributed by atoms with van der Waals surface area (Å²) in [5.74, 6) is -0.767. The first-order chi connectivity index (χ1) is 13.3. The number of benzene rings is 3. The van der Waals surface area contributed by atoms with Gasteiger partial charge in [0.15, 0.2) is 0 Å². The van der Waals surface area contributed by atoms with Crippen molar-refractivity contribution in [2.24, 2.45) is 0 Å². The van der Waals surface area contributed by atoms with Gasteiger partial charge in [0.25, 0.3) is 15.9 Å². The molecule has 3 rings (SSSR count). The Labute approximate surface area is 163 Å². The van der Waals surface area contributed by atoms with Crippen molar-refractivity contribution in [2.75, 3.05) is 4.72 Å². The number of amides is 1. The van der Waals surface area contributed by atoms with Crippen LogP contribution in [0.3, 0.4) is 0 Å². The third kappa shape index (κ3) is 4.75. The molecule has 3 aromatic carbocycles. The third-order valence-corrected chi connectivity index (χ3v) is 5.62. The van der Waals surface area contributed by atoms with E-state index in [9.17, 15) is 17.6 Å². The lowest BCUT2D eigenvalue weighted by molar-refractivity contribution is 0.0951. The Bertz CT molecular complexity index is 1080. The van der Waals surface area contributed by atoms with E-state index in [1.54, 1.807) is 0 Å². The third-order valence-electron chi connectivity index (χ3n) is 4.22. The van der Waals surface area contributed by atoms with E-state index in [0.717, 1.165) is 23.3 Å². The lowest BCUT2D eigenvalue weighted by atomic mass is 10.1. The Balaban J connectivity index is 1.65. The molecule has 0 aliphatic rings. The molecule has 0 atom stereocenters. The molecule has 0 heterocycles. The summed E-state index contributed by atoms with van der Waals surface area (Å²) < 4.78 is 40.0. The van der Waals surface area contributed by atoms with E-state index >= 15 is 0 Å². The van der Waals surface area contributed by atoms with Crippen LogP contribution in [0.5, 0.6) is 0 Å². The van der Waals surface area contributed by atoms with Gasteiger partial charge in [0.05, 0.1) is 4.90 Å². The Morgan fingerprint density at radius 2 is 1.57 bits per heavy atom. The van der Waals surface area contributed by atoms with E-state index in [1.807, 2.05) is 31.2 Å². The molecule has 0 unspecified atom stereocenters. The predicted molar refractivity (Wildman–Crippen MR) is 106 cm³/mol. The van der Waals surface area contributed by atoms with Gasteiger partial charge in [0.2, 0.25) is 0 Å². The minimum absolute atomic E-state index is 0.0473. The molecule has 3 aromatic rings. The van der Waals surface area contributed by atoms with Crippen molar-refractivity contribution in [1.82, 2.24) is 5.32 Å². The van der Waals surface area contributed by atoms with Gasteiger partial charge in [0.1, 0.15) is 5.82 Å². The molecule has 144 valence electrons. The van der Waals surface area contributed by atoms with Gasteiger partial charge in [-0.1, -0.05) is 24.3 Å². The van der Waals surface area contributed by atoms with E-state index in [2.05, 4.69) is 10.0 Å². The van der Waals surface area contributed by atoms with E-state index < -0.39 is 15.8 Å². The summed E-state index contributed by atoms with van der Waals surface area (Å²) in [5, 5.41) is 2.84. The molecule has 0 aromatic heterocycles. The summed E-state index contributed by atoms with van der Waals surface area (Å²) in [5.41, 5.74) is 2.84. The first-order valence-electron chi connectivity index (χ1n) is 8.56. The number of aryl methyl sites for hydroxylation is 1. The molecule has 1 amide bonds. The zero-order valence-corrected chi connectivity index (χ0v) is 16.0. The molecule has 7 heteroatoms. The average Bonchev–Trinajstić information content (AvgIpc) is 2.68. The summed E-state index contributed by atoms with van der Waals surface area (Å²) in [7, 11) is -3.83. The highest BCUT2D eigenvalue weighted by Gasteiger charge is 2.14. The number of nitrogens with one attached hydrogen (secondary N) is 2. The van der Waals surface area contributed by atoms with Gasteiger partial charge < -0.3 is 5.32 Å². The van der Waals surface area contributed by atoms with E-state index in [1.165, 1.54) is 36.4 Å². The fourth-order valence-corrected chi connectivity index (χ4v) is 3.66. The summed E-state index contributed by atoms with van der Waals surface area (Å²) in [6.45, 7) is 2.38. The van der Waals surface area contributed by atoms with Crippen LogP contribution in [0.2, 0.25) is 0 Å². The lowest BCUT2D eigenvalue weighted by Gasteiger charge is -2.10. The van der Waals surface area contributed by atoms with E-state index in [0.29, 0.717) is 17.8 Å². The standard InChI is InChI=1S/C21H19FN2O3S/c1-15-4-2-3-5-17(15)14-23-21(25)16-6-10-19(11-7-16)24-28(26,27)20-12-8-18(22)9-13-20/h2-13,24H,14H2,1H3,(H,23,25). The van der Waals surface area contributed by atoms with Crippen LogP contribution in [0.15, 0.2) is 77.7 Å². The van der Waals surface area contributed by atoms with Gasteiger partial charge >= 0.3 is 0 Å². The fraction of sp³-hybridized carbons (Fsp3) is 0.0952. The maximum Gasteiger partial charge on any atom is 0.261 e. The maximum atomic E-state index is 13.0. The monoisotopic (exact) mass is 398 g/mol. The first-order valence-corrected chi connectivity index (χ1v) is 10.0. The minimum atomic E-state index is -3.83. The molecule has 0 saturated heterocycles. The SMILES string of the molecule is Cc1ccccc1CNC(=O)c1ccc(NS(=O)(=O)c2ccc(F)cc2)cc1. The average molecular weight is 398 g/mol. The molecule has 0 fully saturated rings. The van der Waals surface area contributed by atoms with Gasteiger partial charge in [-0.25, -0.2) is 12.8 Å². The number of carbonyl (C=O) groups is 1. The van der Waals surface area contributed by atoms with Crippen molar-refractivity contribution in [2.45, 2.75) is 18.4 Å². The van der Waals surface area contributed by atoms with E-state index in [-0.39, 0.29) is 10.8 Å². The molecule has 28 heavy (non-hydrogen) atoms. The van der Waals surface area contributed by atoms with Gasteiger partial charge in [-0.05, 0) is 66.6 Å². The number of hydrogen-bond donors (Lipinski definition) is 2. The van der Waals surface area contributed by atoms with Crippen molar-refractivity contribution < 1.29 is 17.6 Å². The Kier molecular flexibility index (Phi) is 5.75. The van der Waals surface area contributed by atoms with Crippen molar-refractivity contribution in [3.8, 4) is 0 Å². The van der Waals surface area contributed by atoms with Gasteiger partial charge in [0, 0.05) is 17.8 Å². The predicted octanol–water partition coefficient (Wildman–Crippen LogP) is 3.86. The van der Waals surface area contributed by atoms with Crippen molar-refractivity contribution in [3.05, 3.63) is 95.3 Å². The smallest absolute Gasteiger partial charge is 0.261 e. The van der Waals surface area contributed by atoms with Crippen LogP contribution in [-0.2, 0) is 16.6 Å². The number of sulfonamides is 1. The number of halogens is 1. The molecule has 0 aliphatic carbocycles. The molecule has 0 bridgehead atoms. The van der Waals surface area contributed by atoms with Crippen LogP contribution in [0, 0.1) is 12.7 Å². The molecule has 2 N–H and O–H groups in total. The maximum absolute atomic E-state index is 13.0. The summed E-state index contributed by atoms with van der Waals surface area (Å²) in [6.07, 6.45) is 0.